The van der Waals surface area contributed by atoms with E-state index in [-0.39, 0.29) is 5.91 Å². The zero-order valence-corrected chi connectivity index (χ0v) is 15.1. The summed E-state index contributed by atoms with van der Waals surface area (Å²) in [5.41, 5.74) is 1.76. The maximum atomic E-state index is 12.4. The Balaban J connectivity index is 2.07. The van der Waals surface area contributed by atoms with E-state index in [4.69, 9.17) is 21.1 Å². The van der Waals surface area contributed by atoms with Gasteiger partial charge in [-0.15, -0.1) is 0 Å². The molecule has 0 saturated heterocycles. The largest absolute Gasteiger partial charge is 0.481 e. The molecule has 0 heterocycles. The standard InChI is InChI=1S/C19H20ClNO4/c1-4-24-19(23)14-6-5-12(2)17(11-14)21-18(22)13(3)25-16-9-7-15(20)8-10-16/h5-11,13H,4H2,1-3H3,(H,21,22). The molecule has 0 fully saturated rings. The van der Waals surface area contributed by atoms with Crippen LogP contribution in [-0.4, -0.2) is 24.6 Å². The minimum atomic E-state index is -0.716. The number of benzene rings is 2. The van der Waals surface area contributed by atoms with Crippen molar-refractivity contribution in [1.29, 1.82) is 0 Å². The maximum Gasteiger partial charge on any atom is 0.338 e. The molecular formula is C19H20ClNO4. The molecule has 2 rings (SSSR count). The highest BCUT2D eigenvalue weighted by Crippen LogP contribution is 2.20. The van der Waals surface area contributed by atoms with Gasteiger partial charge in [-0.2, -0.15) is 0 Å². The van der Waals surface area contributed by atoms with Crippen molar-refractivity contribution >= 4 is 29.2 Å². The van der Waals surface area contributed by atoms with Crippen LogP contribution in [0.3, 0.4) is 0 Å². The van der Waals surface area contributed by atoms with Crippen LogP contribution in [0.25, 0.3) is 0 Å². The summed E-state index contributed by atoms with van der Waals surface area (Å²) >= 11 is 5.83. The fourth-order valence-corrected chi connectivity index (χ4v) is 2.23. The third-order valence-electron chi connectivity index (χ3n) is 3.50. The Hall–Kier alpha value is -2.53. The molecule has 2 aromatic carbocycles. The van der Waals surface area contributed by atoms with Crippen molar-refractivity contribution in [3.05, 3.63) is 58.6 Å². The Bertz CT molecular complexity index is 759. The second kappa shape index (κ2) is 8.53. The number of carbonyl (C=O) groups is 2. The average molecular weight is 362 g/mol. The molecule has 0 bridgehead atoms. The highest BCUT2D eigenvalue weighted by Gasteiger charge is 2.17. The zero-order chi connectivity index (χ0) is 18.4. The smallest absolute Gasteiger partial charge is 0.338 e. The molecular weight excluding hydrogens is 342 g/mol. The van der Waals surface area contributed by atoms with E-state index in [1.54, 1.807) is 56.3 Å². The Kier molecular flexibility index (Phi) is 6.42. The number of carbonyl (C=O) groups excluding carboxylic acids is 2. The summed E-state index contributed by atoms with van der Waals surface area (Å²) in [5.74, 6) is -0.202. The SMILES string of the molecule is CCOC(=O)c1ccc(C)c(NC(=O)C(C)Oc2ccc(Cl)cc2)c1. The van der Waals surface area contributed by atoms with Crippen molar-refractivity contribution in [2.75, 3.05) is 11.9 Å². The molecule has 132 valence electrons. The van der Waals surface area contributed by atoms with Gasteiger partial charge in [0.15, 0.2) is 6.10 Å². The van der Waals surface area contributed by atoms with Crippen LogP contribution >= 0.6 is 11.6 Å². The van der Waals surface area contributed by atoms with Crippen molar-refractivity contribution in [3.63, 3.8) is 0 Å². The normalized spacial score (nSPS) is 11.5. The number of amides is 1. The number of anilines is 1. The number of hydrogen-bond acceptors (Lipinski definition) is 4. The van der Waals surface area contributed by atoms with Crippen LogP contribution < -0.4 is 10.1 Å². The molecule has 0 aliphatic carbocycles. The maximum absolute atomic E-state index is 12.4. The summed E-state index contributed by atoms with van der Waals surface area (Å²) in [6.45, 7) is 5.52. The lowest BCUT2D eigenvalue weighted by Crippen LogP contribution is -2.30. The van der Waals surface area contributed by atoms with E-state index in [1.807, 2.05) is 6.92 Å². The highest BCUT2D eigenvalue weighted by atomic mass is 35.5. The summed E-state index contributed by atoms with van der Waals surface area (Å²) in [6.07, 6.45) is -0.716. The number of hydrogen-bond donors (Lipinski definition) is 1. The van der Waals surface area contributed by atoms with E-state index >= 15 is 0 Å². The van der Waals surface area contributed by atoms with Gasteiger partial charge in [0.25, 0.3) is 5.91 Å². The molecule has 1 atom stereocenters. The second-order valence-electron chi connectivity index (χ2n) is 5.45. The van der Waals surface area contributed by atoms with Gasteiger partial charge in [0.1, 0.15) is 5.75 Å². The van der Waals surface area contributed by atoms with Crippen molar-refractivity contribution in [3.8, 4) is 5.75 Å². The second-order valence-corrected chi connectivity index (χ2v) is 5.89. The Morgan fingerprint density at radius 2 is 1.84 bits per heavy atom. The van der Waals surface area contributed by atoms with E-state index in [0.29, 0.717) is 28.6 Å². The minimum absolute atomic E-state index is 0.292. The topological polar surface area (TPSA) is 64.6 Å². The van der Waals surface area contributed by atoms with Crippen LogP contribution in [0.4, 0.5) is 5.69 Å². The Morgan fingerprint density at radius 3 is 2.48 bits per heavy atom. The van der Waals surface area contributed by atoms with Gasteiger partial charge in [-0.05, 0) is 62.7 Å². The van der Waals surface area contributed by atoms with Crippen molar-refractivity contribution < 1.29 is 19.1 Å². The number of halogens is 1. The molecule has 0 aromatic heterocycles. The lowest BCUT2D eigenvalue weighted by Gasteiger charge is -2.16. The van der Waals surface area contributed by atoms with E-state index in [9.17, 15) is 9.59 Å². The number of rotatable bonds is 6. The van der Waals surface area contributed by atoms with Crippen LogP contribution in [0.2, 0.25) is 5.02 Å². The number of esters is 1. The fourth-order valence-electron chi connectivity index (χ4n) is 2.10. The summed E-state index contributed by atoms with van der Waals surface area (Å²) in [5, 5.41) is 3.37. The molecule has 1 N–H and O–H groups in total. The van der Waals surface area contributed by atoms with E-state index in [2.05, 4.69) is 5.32 Å². The molecule has 1 unspecified atom stereocenters. The predicted octanol–water partition coefficient (Wildman–Crippen LogP) is 4.23. The average Bonchev–Trinajstić information content (AvgIpc) is 2.59. The van der Waals surface area contributed by atoms with Crippen molar-refractivity contribution in [1.82, 2.24) is 0 Å². The van der Waals surface area contributed by atoms with E-state index in [1.165, 1.54) is 0 Å². The molecule has 0 saturated carbocycles. The molecule has 2 aromatic rings. The van der Waals surface area contributed by atoms with Crippen LogP contribution in [0.1, 0.15) is 29.8 Å². The lowest BCUT2D eigenvalue weighted by molar-refractivity contribution is -0.122. The Morgan fingerprint density at radius 1 is 1.16 bits per heavy atom. The summed E-state index contributed by atoms with van der Waals surface area (Å²) in [4.78, 5) is 24.2. The predicted molar refractivity (Wildman–Crippen MR) is 97.3 cm³/mol. The first-order chi connectivity index (χ1) is 11.9. The molecule has 6 heteroatoms. The quantitative estimate of drug-likeness (QED) is 0.782. The highest BCUT2D eigenvalue weighted by molar-refractivity contribution is 6.30. The fraction of sp³-hybridized carbons (Fsp3) is 0.263. The molecule has 25 heavy (non-hydrogen) atoms. The van der Waals surface area contributed by atoms with Gasteiger partial charge in [-0.25, -0.2) is 4.79 Å². The van der Waals surface area contributed by atoms with Gasteiger partial charge in [-0.3, -0.25) is 4.79 Å². The number of ether oxygens (including phenoxy) is 2. The van der Waals surface area contributed by atoms with Crippen LogP contribution in [0.5, 0.6) is 5.75 Å². The van der Waals surface area contributed by atoms with Crippen LogP contribution in [0.15, 0.2) is 42.5 Å². The van der Waals surface area contributed by atoms with Crippen LogP contribution in [0, 0.1) is 6.92 Å². The molecule has 0 spiro atoms. The first-order valence-corrected chi connectivity index (χ1v) is 8.29. The molecule has 0 aliphatic rings. The van der Waals surface area contributed by atoms with Gasteiger partial charge in [0.2, 0.25) is 0 Å². The molecule has 0 radical (unpaired) electrons. The first-order valence-electron chi connectivity index (χ1n) is 7.91. The van der Waals surface area contributed by atoms with Gasteiger partial charge in [0, 0.05) is 10.7 Å². The Labute approximate surface area is 151 Å². The monoisotopic (exact) mass is 361 g/mol. The summed E-state index contributed by atoms with van der Waals surface area (Å²) in [7, 11) is 0. The third kappa shape index (κ3) is 5.22. The molecule has 1 amide bonds. The van der Waals surface area contributed by atoms with Gasteiger partial charge >= 0.3 is 5.97 Å². The van der Waals surface area contributed by atoms with Crippen molar-refractivity contribution in [2.24, 2.45) is 0 Å². The van der Waals surface area contributed by atoms with Gasteiger partial charge in [-0.1, -0.05) is 17.7 Å². The number of aryl methyl sites for hydroxylation is 1. The van der Waals surface area contributed by atoms with Crippen LogP contribution in [-0.2, 0) is 9.53 Å². The minimum Gasteiger partial charge on any atom is -0.481 e. The molecule has 5 nitrogen and oxygen atoms in total. The van der Waals surface area contributed by atoms with E-state index < -0.39 is 12.1 Å². The number of nitrogens with one attached hydrogen (secondary N) is 1. The van der Waals surface area contributed by atoms with Crippen molar-refractivity contribution in [2.45, 2.75) is 26.9 Å². The first kappa shape index (κ1) is 18.8. The molecule has 0 aliphatic heterocycles. The van der Waals surface area contributed by atoms with E-state index in [0.717, 1.165) is 5.56 Å². The third-order valence-corrected chi connectivity index (χ3v) is 3.75. The summed E-state index contributed by atoms with van der Waals surface area (Å²) in [6, 6.07) is 11.8. The lowest BCUT2D eigenvalue weighted by atomic mass is 10.1. The zero-order valence-electron chi connectivity index (χ0n) is 14.3. The van der Waals surface area contributed by atoms with Gasteiger partial charge in [0.05, 0.1) is 12.2 Å². The summed E-state index contributed by atoms with van der Waals surface area (Å²) < 4.78 is 10.6. The van der Waals surface area contributed by atoms with Gasteiger partial charge < -0.3 is 14.8 Å².